The summed E-state index contributed by atoms with van der Waals surface area (Å²) in [6, 6.07) is 3.32. The first kappa shape index (κ1) is 12.4. The maximum Gasteiger partial charge on any atom is 0.573 e. The average molecular weight is 233 g/mol. The predicted molar refractivity (Wildman–Crippen MR) is 52.9 cm³/mol. The lowest BCUT2D eigenvalue weighted by molar-refractivity contribution is -0.274. The van der Waals surface area contributed by atoms with Gasteiger partial charge < -0.3 is 15.6 Å². The summed E-state index contributed by atoms with van der Waals surface area (Å²) in [5, 5.41) is 9.38. The molecule has 6 heteroatoms. The van der Waals surface area contributed by atoms with Crippen LogP contribution in [0.3, 0.4) is 0 Å². The molecule has 0 aliphatic carbocycles. The fourth-order valence-corrected chi connectivity index (χ4v) is 1.06. The van der Waals surface area contributed by atoms with E-state index in [1.165, 1.54) is 12.1 Å². The zero-order valence-corrected chi connectivity index (χ0v) is 8.16. The quantitative estimate of drug-likeness (QED) is 0.841. The van der Waals surface area contributed by atoms with Crippen LogP contribution in [0, 0.1) is 0 Å². The van der Waals surface area contributed by atoms with Gasteiger partial charge >= 0.3 is 6.36 Å². The Morgan fingerprint density at radius 3 is 2.56 bits per heavy atom. The molecule has 0 spiro atoms. The maximum absolute atomic E-state index is 11.8. The number of ether oxygens (including phenoxy) is 1. The summed E-state index contributed by atoms with van der Waals surface area (Å²) in [7, 11) is 0. The summed E-state index contributed by atoms with van der Waals surface area (Å²) in [6.45, 7) is 0.278. The van der Waals surface area contributed by atoms with Gasteiger partial charge in [0, 0.05) is 18.2 Å². The number of aromatic hydroxyl groups is 1. The number of alkyl halides is 3. The number of benzene rings is 1. The van der Waals surface area contributed by atoms with Crippen LogP contribution in [-0.4, -0.2) is 18.0 Å². The number of rotatable bonds is 3. The van der Waals surface area contributed by atoms with Gasteiger partial charge in [-0.2, -0.15) is 0 Å². The Balaban J connectivity index is 2.87. The second kappa shape index (κ2) is 4.89. The van der Waals surface area contributed by atoms with Gasteiger partial charge in [0.05, 0.1) is 0 Å². The van der Waals surface area contributed by atoms with E-state index in [4.69, 9.17) is 5.73 Å². The number of phenolic OH excluding ortho intramolecular Hbond substituents is 1. The zero-order valence-electron chi connectivity index (χ0n) is 8.16. The molecule has 0 fully saturated rings. The fraction of sp³-hybridized carbons (Fsp3) is 0.200. The first-order valence-corrected chi connectivity index (χ1v) is 4.38. The highest BCUT2D eigenvalue weighted by Gasteiger charge is 2.31. The van der Waals surface area contributed by atoms with E-state index in [1.54, 1.807) is 6.08 Å². The molecule has 0 aliphatic heterocycles. The van der Waals surface area contributed by atoms with Crippen LogP contribution in [0.15, 0.2) is 24.3 Å². The van der Waals surface area contributed by atoms with Gasteiger partial charge in [-0.1, -0.05) is 12.2 Å². The van der Waals surface area contributed by atoms with Crippen molar-refractivity contribution in [3.05, 3.63) is 29.8 Å². The SMILES string of the molecule is NCC=Cc1ccc(OC(F)(F)F)cc1O. The minimum atomic E-state index is -4.76. The second-order valence-corrected chi connectivity index (χ2v) is 2.91. The molecule has 0 saturated carbocycles. The average Bonchev–Trinajstić information content (AvgIpc) is 2.14. The minimum absolute atomic E-state index is 0.278. The van der Waals surface area contributed by atoms with Crippen molar-refractivity contribution >= 4 is 6.08 Å². The standard InChI is InChI=1S/C10H10F3NO2/c11-10(12,13)16-8-4-3-7(2-1-5-14)9(15)6-8/h1-4,6,15H,5,14H2. The third kappa shape index (κ3) is 3.82. The molecule has 0 aliphatic rings. The van der Waals surface area contributed by atoms with Crippen LogP contribution in [0.5, 0.6) is 11.5 Å². The normalized spacial score (nSPS) is 12.0. The van der Waals surface area contributed by atoms with Crippen molar-refractivity contribution in [1.29, 1.82) is 0 Å². The van der Waals surface area contributed by atoms with Crippen LogP contribution in [0.2, 0.25) is 0 Å². The molecule has 0 aromatic heterocycles. The van der Waals surface area contributed by atoms with Gasteiger partial charge in [-0.05, 0) is 12.1 Å². The lowest BCUT2D eigenvalue weighted by atomic mass is 10.2. The molecule has 0 amide bonds. The molecule has 0 saturated heterocycles. The van der Waals surface area contributed by atoms with E-state index in [0.29, 0.717) is 5.56 Å². The van der Waals surface area contributed by atoms with Crippen molar-refractivity contribution < 1.29 is 23.0 Å². The van der Waals surface area contributed by atoms with Gasteiger partial charge in [-0.15, -0.1) is 13.2 Å². The van der Waals surface area contributed by atoms with Gasteiger partial charge in [0.15, 0.2) is 0 Å². The Bertz CT molecular complexity index is 388. The lowest BCUT2D eigenvalue weighted by Gasteiger charge is -2.09. The molecule has 3 N–H and O–H groups in total. The monoisotopic (exact) mass is 233 g/mol. The van der Waals surface area contributed by atoms with E-state index in [-0.39, 0.29) is 12.3 Å². The lowest BCUT2D eigenvalue weighted by Crippen LogP contribution is -2.17. The second-order valence-electron chi connectivity index (χ2n) is 2.91. The molecule has 0 radical (unpaired) electrons. The third-order valence-electron chi connectivity index (χ3n) is 1.67. The van der Waals surface area contributed by atoms with E-state index in [2.05, 4.69) is 4.74 Å². The molecule has 3 nitrogen and oxygen atoms in total. The van der Waals surface area contributed by atoms with Crippen molar-refractivity contribution in [2.45, 2.75) is 6.36 Å². The van der Waals surface area contributed by atoms with Gasteiger partial charge in [-0.3, -0.25) is 0 Å². The summed E-state index contributed by atoms with van der Waals surface area (Å²) >= 11 is 0. The van der Waals surface area contributed by atoms with Crippen LogP contribution in [0.25, 0.3) is 6.08 Å². The molecule has 1 aromatic carbocycles. The highest BCUT2D eigenvalue weighted by molar-refractivity contribution is 5.58. The van der Waals surface area contributed by atoms with Crippen LogP contribution >= 0.6 is 0 Å². The number of nitrogens with two attached hydrogens (primary N) is 1. The van der Waals surface area contributed by atoms with Crippen LogP contribution in [0.1, 0.15) is 5.56 Å². The largest absolute Gasteiger partial charge is 0.573 e. The molecule has 0 heterocycles. The molecule has 1 aromatic rings. The maximum atomic E-state index is 11.8. The van der Waals surface area contributed by atoms with Crippen LogP contribution in [-0.2, 0) is 0 Å². The van der Waals surface area contributed by atoms with E-state index < -0.39 is 12.1 Å². The van der Waals surface area contributed by atoms with Gasteiger partial charge in [-0.25, -0.2) is 0 Å². The van der Waals surface area contributed by atoms with Crippen molar-refractivity contribution in [1.82, 2.24) is 0 Å². The van der Waals surface area contributed by atoms with Crippen molar-refractivity contribution in [3.63, 3.8) is 0 Å². The fourth-order valence-electron chi connectivity index (χ4n) is 1.06. The molecule has 1 rings (SSSR count). The topological polar surface area (TPSA) is 55.5 Å². The Morgan fingerprint density at radius 1 is 1.38 bits per heavy atom. The molecule has 0 unspecified atom stereocenters. The number of halogens is 3. The Kier molecular flexibility index (Phi) is 3.78. The summed E-state index contributed by atoms with van der Waals surface area (Å²) in [6.07, 6.45) is -1.69. The molecule has 0 atom stereocenters. The zero-order chi connectivity index (χ0) is 12.2. The predicted octanol–water partition coefficient (Wildman–Crippen LogP) is 2.26. The Hall–Kier alpha value is -1.69. The van der Waals surface area contributed by atoms with Gasteiger partial charge in [0.25, 0.3) is 0 Å². The molecule has 16 heavy (non-hydrogen) atoms. The molecular weight excluding hydrogens is 223 g/mol. The van der Waals surface area contributed by atoms with E-state index in [0.717, 1.165) is 12.1 Å². The van der Waals surface area contributed by atoms with Crippen LogP contribution in [0.4, 0.5) is 13.2 Å². The van der Waals surface area contributed by atoms with Crippen molar-refractivity contribution in [2.24, 2.45) is 5.73 Å². The highest BCUT2D eigenvalue weighted by atomic mass is 19.4. The van der Waals surface area contributed by atoms with E-state index in [9.17, 15) is 18.3 Å². The Labute approximate surface area is 89.9 Å². The molecule has 0 bridgehead atoms. The van der Waals surface area contributed by atoms with Gasteiger partial charge in [0.2, 0.25) is 0 Å². The molecular formula is C10H10F3NO2. The first-order valence-electron chi connectivity index (χ1n) is 4.38. The summed E-state index contributed by atoms with van der Waals surface area (Å²) in [4.78, 5) is 0. The van der Waals surface area contributed by atoms with Crippen LogP contribution < -0.4 is 10.5 Å². The third-order valence-corrected chi connectivity index (χ3v) is 1.67. The van der Waals surface area contributed by atoms with E-state index >= 15 is 0 Å². The summed E-state index contributed by atoms with van der Waals surface area (Å²) < 4.78 is 39.2. The Morgan fingerprint density at radius 2 is 2.06 bits per heavy atom. The van der Waals surface area contributed by atoms with E-state index in [1.807, 2.05) is 0 Å². The summed E-state index contributed by atoms with van der Waals surface area (Å²) in [5.74, 6) is -0.763. The van der Waals surface area contributed by atoms with Gasteiger partial charge in [0.1, 0.15) is 11.5 Å². The van der Waals surface area contributed by atoms with Crippen molar-refractivity contribution in [2.75, 3.05) is 6.54 Å². The first-order chi connectivity index (χ1) is 7.42. The smallest absolute Gasteiger partial charge is 0.507 e. The highest BCUT2D eigenvalue weighted by Crippen LogP contribution is 2.28. The number of phenols is 1. The number of hydrogen-bond acceptors (Lipinski definition) is 3. The molecule has 88 valence electrons. The minimum Gasteiger partial charge on any atom is -0.507 e. The van der Waals surface area contributed by atoms with Crippen molar-refractivity contribution in [3.8, 4) is 11.5 Å². The number of hydrogen-bond donors (Lipinski definition) is 2. The summed E-state index contributed by atoms with van der Waals surface area (Å²) in [5.41, 5.74) is 5.57.